The summed E-state index contributed by atoms with van der Waals surface area (Å²) in [5.74, 6) is 0.528. The van der Waals surface area contributed by atoms with Crippen molar-refractivity contribution in [3.8, 4) is 5.75 Å². The Labute approximate surface area is 132 Å². The van der Waals surface area contributed by atoms with Gasteiger partial charge >= 0.3 is 0 Å². The van der Waals surface area contributed by atoms with Crippen LogP contribution in [0.4, 0.5) is 5.69 Å². The van der Waals surface area contributed by atoms with Crippen LogP contribution in [-0.2, 0) is 10.2 Å². The number of anilines is 1. The smallest absolute Gasteiger partial charge is 0.265 e. The van der Waals surface area contributed by atoms with E-state index in [9.17, 15) is 4.79 Å². The minimum atomic E-state index is -0.551. The van der Waals surface area contributed by atoms with Crippen molar-refractivity contribution in [3.63, 3.8) is 0 Å². The van der Waals surface area contributed by atoms with Gasteiger partial charge in [0.2, 0.25) is 0 Å². The number of rotatable bonds is 4. The molecule has 0 saturated carbocycles. The van der Waals surface area contributed by atoms with Gasteiger partial charge in [0, 0.05) is 5.69 Å². The molecule has 0 aliphatic rings. The summed E-state index contributed by atoms with van der Waals surface area (Å²) in [6, 6.07) is 17.3. The SMILES string of the molecule is C[C@H](Oc1ccccc1)C(=O)Nc1ccc(C(C)(C)C)cc1. The number of benzene rings is 2. The first-order chi connectivity index (χ1) is 10.4. The molecule has 0 fully saturated rings. The first kappa shape index (κ1) is 16.1. The number of ether oxygens (including phenoxy) is 1. The normalized spacial score (nSPS) is 12.5. The lowest BCUT2D eigenvalue weighted by Gasteiger charge is -2.19. The van der Waals surface area contributed by atoms with Crippen LogP contribution in [0.15, 0.2) is 54.6 Å². The molecule has 0 aliphatic heterocycles. The average Bonchev–Trinajstić information content (AvgIpc) is 2.48. The fourth-order valence-electron chi connectivity index (χ4n) is 2.05. The summed E-state index contributed by atoms with van der Waals surface area (Å²) < 4.78 is 5.61. The third-order valence-corrected chi connectivity index (χ3v) is 3.44. The Hall–Kier alpha value is -2.29. The molecule has 2 aromatic carbocycles. The molecular formula is C19H23NO2. The Bertz CT molecular complexity index is 612. The van der Waals surface area contributed by atoms with Gasteiger partial charge < -0.3 is 10.1 Å². The lowest BCUT2D eigenvalue weighted by Crippen LogP contribution is -2.30. The lowest BCUT2D eigenvalue weighted by atomic mass is 9.87. The van der Waals surface area contributed by atoms with E-state index in [1.165, 1.54) is 5.56 Å². The number of carbonyl (C=O) groups excluding carboxylic acids is 1. The Morgan fingerprint density at radius 2 is 1.59 bits per heavy atom. The minimum absolute atomic E-state index is 0.103. The third kappa shape index (κ3) is 4.35. The molecule has 3 heteroatoms. The summed E-state index contributed by atoms with van der Waals surface area (Å²) in [4.78, 5) is 12.2. The maximum Gasteiger partial charge on any atom is 0.265 e. The monoisotopic (exact) mass is 297 g/mol. The average molecular weight is 297 g/mol. The van der Waals surface area contributed by atoms with Crippen LogP contribution in [0.1, 0.15) is 33.3 Å². The van der Waals surface area contributed by atoms with Gasteiger partial charge in [-0.25, -0.2) is 0 Å². The first-order valence-electron chi connectivity index (χ1n) is 7.49. The summed E-state index contributed by atoms with van der Waals surface area (Å²) in [7, 11) is 0. The molecule has 0 aliphatic carbocycles. The third-order valence-electron chi connectivity index (χ3n) is 3.44. The van der Waals surface area contributed by atoms with Crippen LogP contribution in [-0.4, -0.2) is 12.0 Å². The van der Waals surface area contributed by atoms with Crippen molar-refractivity contribution in [1.29, 1.82) is 0 Å². The zero-order valence-electron chi connectivity index (χ0n) is 13.6. The second-order valence-electron chi connectivity index (χ2n) is 6.39. The molecule has 0 heterocycles. The van der Waals surface area contributed by atoms with E-state index >= 15 is 0 Å². The highest BCUT2D eigenvalue weighted by molar-refractivity contribution is 5.94. The van der Waals surface area contributed by atoms with Crippen molar-refractivity contribution < 1.29 is 9.53 Å². The van der Waals surface area contributed by atoms with Crippen LogP contribution >= 0.6 is 0 Å². The van der Waals surface area contributed by atoms with Gasteiger partial charge in [-0.3, -0.25) is 4.79 Å². The fourth-order valence-corrected chi connectivity index (χ4v) is 2.05. The highest BCUT2D eigenvalue weighted by Crippen LogP contribution is 2.23. The molecule has 0 aromatic heterocycles. The highest BCUT2D eigenvalue weighted by atomic mass is 16.5. The summed E-state index contributed by atoms with van der Waals surface area (Å²) in [6.07, 6.45) is -0.551. The summed E-state index contributed by atoms with van der Waals surface area (Å²) in [5.41, 5.74) is 2.12. The van der Waals surface area contributed by atoms with Crippen LogP contribution in [0.5, 0.6) is 5.75 Å². The van der Waals surface area contributed by atoms with Crippen LogP contribution in [0, 0.1) is 0 Å². The molecule has 22 heavy (non-hydrogen) atoms. The molecule has 1 amide bonds. The molecule has 2 aromatic rings. The van der Waals surface area contributed by atoms with Gasteiger partial charge in [-0.2, -0.15) is 0 Å². The molecule has 1 N–H and O–H groups in total. The zero-order valence-corrected chi connectivity index (χ0v) is 13.6. The molecule has 0 bridgehead atoms. The minimum Gasteiger partial charge on any atom is -0.481 e. The van der Waals surface area contributed by atoms with Gasteiger partial charge in [-0.05, 0) is 42.2 Å². The fraction of sp³-hybridized carbons (Fsp3) is 0.316. The molecule has 0 unspecified atom stereocenters. The van der Waals surface area contributed by atoms with E-state index in [2.05, 4.69) is 26.1 Å². The molecule has 0 radical (unpaired) electrons. The van der Waals surface area contributed by atoms with Gasteiger partial charge in [0.25, 0.3) is 5.91 Å². The van der Waals surface area contributed by atoms with Crippen molar-refractivity contribution in [3.05, 3.63) is 60.2 Å². The second-order valence-corrected chi connectivity index (χ2v) is 6.39. The number of nitrogens with one attached hydrogen (secondary N) is 1. The molecule has 0 saturated heterocycles. The maximum atomic E-state index is 12.2. The number of amides is 1. The number of hydrogen-bond donors (Lipinski definition) is 1. The standard InChI is InChI=1S/C19H23NO2/c1-14(22-17-8-6-5-7-9-17)18(21)20-16-12-10-15(11-13-16)19(2,3)4/h5-14H,1-4H3,(H,20,21)/t14-/m0/s1. The van der Waals surface area contributed by atoms with Crippen LogP contribution in [0.25, 0.3) is 0 Å². The van der Waals surface area contributed by atoms with Gasteiger partial charge in [0.05, 0.1) is 0 Å². The Morgan fingerprint density at radius 1 is 1.00 bits per heavy atom. The van der Waals surface area contributed by atoms with E-state index in [1.807, 2.05) is 54.6 Å². The van der Waals surface area contributed by atoms with Crippen LogP contribution < -0.4 is 10.1 Å². The maximum absolute atomic E-state index is 12.2. The van der Waals surface area contributed by atoms with Crippen molar-refractivity contribution in [2.45, 2.75) is 39.2 Å². The van der Waals surface area contributed by atoms with E-state index in [0.29, 0.717) is 5.75 Å². The molecule has 116 valence electrons. The van der Waals surface area contributed by atoms with Crippen molar-refractivity contribution in [2.24, 2.45) is 0 Å². The summed E-state index contributed by atoms with van der Waals surface area (Å²) >= 11 is 0. The van der Waals surface area contributed by atoms with Crippen molar-refractivity contribution in [1.82, 2.24) is 0 Å². The number of carbonyl (C=O) groups is 1. The van der Waals surface area contributed by atoms with Gasteiger partial charge in [0.15, 0.2) is 6.10 Å². The van der Waals surface area contributed by atoms with Crippen molar-refractivity contribution in [2.75, 3.05) is 5.32 Å². The summed E-state index contributed by atoms with van der Waals surface area (Å²) in [5, 5.41) is 2.88. The zero-order chi connectivity index (χ0) is 16.2. The van der Waals surface area contributed by atoms with Gasteiger partial charge in [-0.15, -0.1) is 0 Å². The molecular weight excluding hydrogens is 274 g/mol. The predicted molar refractivity (Wildman–Crippen MR) is 90.3 cm³/mol. The largest absolute Gasteiger partial charge is 0.481 e. The van der Waals surface area contributed by atoms with Crippen molar-refractivity contribution >= 4 is 11.6 Å². The molecule has 1 atom stereocenters. The van der Waals surface area contributed by atoms with Crippen LogP contribution in [0.2, 0.25) is 0 Å². The second kappa shape index (κ2) is 6.65. The number of hydrogen-bond acceptors (Lipinski definition) is 2. The van der Waals surface area contributed by atoms with Crippen LogP contribution in [0.3, 0.4) is 0 Å². The molecule has 2 rings (SSSR count). The Kier molecular flexibility index (Phi) is 4.86. The van der Waals surface area contributed by atoms with Gasteiger partial charge in [-0.1, -0.05) is 51.1 Å². The molecule has 3 nitrogen and oxygen atoms in total. The summed E-state index contributed by atoms with van der Waals surface area (Å²) in [6.45, 7) is 8.23. The van der Waals surface area contributed by atoms with E-state index in [4.69, 9.17) is 4.74 Å². The quantitative estimate of drug-likeness (QED) is 0.909. The Balaban J connectivity index is 1.96. The lowest BCUT2D eigenvalue weighted by molar-refractivity contribution is -0.122. The molecule has 0 spiro atoms. The van der Waals surface area contributed by atoms with E-state index in [1.54, 1.807) is 6.92 Å². The number of para-hydroxylation sites is 1. The van der Waals surface area contributed by atoms with Gasteiger partial charge in [0.1, 0.15) is 5.75 Å². The highest BCUT2D eigenvalue weighted by Gasteiger charge is 2.16. The van der Waals surface area contributed by atoms with E-state index < -0.39 is 6.10 Å². The van der Waals surface area contributed by atoms with E-state index in [0.717, 1.165) is 5.69 Å². The Morgan fingerprint density at radius 3 is 2.14 bits per heavy atom. The first-order valence-corrected chi connectivity index (χ1v) is 7.49. The predicted octanol–water partition coefficient (Wildman–Crippen LogP) is 4.39. The topological polar surface area (TPSA) is 38.3 Å². The van der Waals surface area contributed by atoms with E-state index in [-0.39, 0.29) is 11.3 Å².